The Bertz CT molecular complexity index is 371. The van der Waals surface area contributed by atoms with E-state index in [0.717, 1.165) is 12.8 Å². The number of urea groups is 1. The quantitative estimate of drug-likeness (QED) is 0.825. The average molecular weight is 238 g/mol. The first-order valence-corrected chi connectivity index (χ1v) is 6.07. The lowest BCUT2D eigenvalue weighted by molar-refractivity contribution is 0.237. The van der Waals surface area contributed by atoms with E-state index >= 15 is 0 Å². The second-order valence-electron chi connectivity index (χ2n) is 4.36. The molecular weight excluding hydrogens is 220 g/mol. The number of aryl methyl sites for hydroxylation is 1. The lowest BCUT2D eigenvalue weighted by Gasteiger charge is -2.12. The van der Waals surface area contributed by atoms with Crippen LogP contribution in [-0.2, 0) is 6.42 Å². The van der Waals surface area contributed by atoms with Crippen LogP contribution >= 0.6 is 0 Å². The van der Waals surface area contributed by atoms with Gasteiger partial charge in [-0.3, -0.25) is 0 Å². The molecule has 1 aromatic rings. The average Bonchev–Trinajstić information content (AvgIpc) is 2.90. The van der Waals surface area contributed by atoms with Gasteiger partial charge in [0.1, 0.15) is 0 Å². The van der Waals surface area contributed by atoms with Gasteiger partial charge in [-0.05, 0) is 12.8 Å². The minimum atomic E-state index is -0.0999. The van der Waals surface area contributed by atoms with Gasteiger partial charge in [0.15, 0.2) is 5.82 Å². The molecule has 1 aliphatic rings. The maximum atomic E-state index is 11.5. The molecule has 1 saturated carbocycles. The van der Waals surface area contributed by atoms with E-state index < -0.39 is 0 Å². The Morgan fingerprint density at radius 1 is 1.47 bits per heavy atom. The smallest absolute Gasteiger partial charge is 0.315 e. The normalized spacial score (nSPS) is 16.1. The molecule has 0 saturated heterocycles. The van der Waals surface area contributed by atoms with Gasteiger partial charge in [-0.2, -0.15) is 4.98 Å². The summed E-state index contributed by atoms with van der Waals surface area (Å²) in [7, 11) is 0. The third-order valence-electron chi connectivity index (χ3n) is 2.89. The molecule has 1 fully saturated rings. The number of nitrogens with one attached hydrogen (secondary N) is 2. The monoisotopic (exact) mass is 238 g/mol. The number of aromatic nitrogens is 2. The van der Waals surface area contributed by atoms with Gasteiger partial charge < -0.3 is 15.2 Å². The molecule has 0 unspecified atom stereocenters. The summed E-state index contributed by atoms with van der Waals surface area (Å²) in [6, 6.07) is 0.250. The number of hydrogen-bond acceptors (Lipinski definition) is 4. The number of carbonyl (C=O) groups is 1. The van der Waals surface area contributed by atoms with Crippen LogP contribution in [0.15, 0.2) is 4.52 Å². The van der Waals surface area contributed by atoms with Crippen molar-refractivity contribution in [3.05, 3.63) is 11.7 Å². The molecule has 94 valence electrons. The van der Waals surface area contributed by atoms with Gasteiger partial charge in [0.25, 0.3) is 0 Å². The molecule has 6 heteroatoms. The molecule has 0 radical (unpaired) electrons. The minimum absolute atomic E-state index is 0.0999. The molecule has 2 rings (SSSR count). The summed E-state index contributed by atoms with van der Waals surface area (Å²) in [6.07, 6.45) is 5.21. The number of rotatable bonds is 4. The van der Waals surface area contributed by atoms with Crippen LogP contribution in [0.5, 0.6) is 0 Å². The van der Waals surface area contributed by atoms with E-state index in [0.29, 0.717) is 30.7 Å². The third kappa shape index (κ3) is 3.72. The summed E-state index contributed by atoms with van der Waals surface area (Å²) in [6.45, 7) is 2.27. The van der Waals surface area contributed by atoms with Crippen LogP contribution in [0.3, 0.4) is 0 Å². The van der Waals surface area contributed by atoms with Crippen molar-refractivity contribution in [1.82, 2.24) is 20.8 Å². The van der Waals surface area contributed by atoms with E-state index in [4.69, 9.17) is 4.52 Å². The van der Waals surface area contributed by atoms with Crippen LogP contribution in [0.25, 0.3) is 0 Å². The van der Waals surface area contributed by atoms with Crippen molar-refractivity contribution in [1.29, 1.82) is 0 Å². The zero-order chi connectivity index (χ0) is 12.1. The minimum Gasteiger partial charge on any atom is -0.340 e. The zero-order valence-corrected chi connectivity index (χ0v) is 10.0. The van der Waals surface area contributed by atoms with Crippen LogP contribution in [-0.4, -0.2) is 28.8 Å². The van der Waals surface area contributed by atoms with E-state index in [1.807, 2.05) is 0 Å². The van der Waals surface area contributed by atoms with Crippen molar-refractivity contribution < 1.29 is 9.32 Å². The van der Waals surface area contributed by atoms with Gasteiger partial charge in [0, 0.05) is 25.9 Å². The van der Waals surface area contributed by atoms with Gasteiger partial charge in [0.05, 0.1) is 0 Å². The van der Waals surface area contributed by atoms with Gasteiger partial charge in [-0.25, -0.2) is 4.79 Å². The van der Waals surface area contributed by atoms with Crippen molar-refractivity contribution in [3.63, 3.8) is 0 Å². The largest absolute Gasteiger partial charge is 0.340 e. The predicted molar refractivity (Wildman–Crippen MR) is 61.5 cm³/mol. The second-order valence-corrected chi connectivity index (χ2v) is 4.36. The number of carbonyl (C=O) groups excluding carboxylic acids is 1. The first-order chi connectivity index (χ1) is 8.24. The lowest BCUT2D eigenvalue weighted by atomic mass is 10.2. The molecule has 0 spiro atoms. The second kappa shape index (κ2) is 5.65. The van der Waals surface area contributed by atoms with Crippen molar-refractivity contribution in [2.24, 2.45) is 0 Å². The molecule has 0 atom stereocenters. The highest BCUT2D eigenvalue weighted by Gasteiger charge is 2.16. The standard InChI is InChI=1S/C11H18N4O2/c1-8-13-10(15-17-8)6-7-12-11(16)14-9-4-2-3-5-9/h9H,2-7H2,1H3,(H2,12,14,16). The van der Waals surface area contributed by atoms with Gasteiger partial charge >= 0.3 is 6.03 Å². The first-order valence-electron chi connectivity index (χ1n) is 6.07. The highest BCUT2D eigenvalue weighted by atomic mass is 16.5. The highest BCUT2D eigenvalue weighted by molar-refractivity contribution is 5.74. The van der Waals surface area contributed by atoms with Crippen molar-refractivity contribution >= 4 is 6.03 Å². The Morgan fingerprint density at radius 3 is 2.88 bits per heavy atom. The van der Waals surface area contributed by atoms with Gasteiger partial charge in [-0.15, -0.1) is 0 Å². The fourth-order valence-electron chi connectivity index (χ4n) is 2.04. The Kier molecular flexibility index (Phi) is 3.95. The van der Waals surface area contributed by atoms with E-state index in [-0.39, 0.29) is 6.03 Å². The molecule has 0 bridgehead atoms. The topological polar surface area (TPSA) is 80.0 Å². The number of amides is 2. The number of nitrogens with zero attached hydrogens (tertiary/aromatic N) is 2. The molecule has 0 aromatic carbocycles. The van der Waals surface area contributed by atoms with Crippen molar-refractivity contribution in [2.45, 2.75) is 45.1 Å². The molecule has 1 heterocycles. The van der Waals surface area contributed by atoms with Crippen LogP contribution in [0.4, 0.5) is 4.79 Å². The molecule has 0 aliphatic heterocycles. The summed E-state index contributed by atoms with van der Waals surface area (Å²) in [4.78, 5) is 15.6. The number of hydrogen-bond donors (Lipinski definition) is 2. The Labute approximate surface area is 100 Å². The van der Waals surface area contributed by atoms with E-state index in [1.165, 1.54) is 12.8 Å². The molecule has 2 N–H and O–H groups in total. The van der Waals surface area contributed by atoms with Crippen LogP contribution in [0.1, 0.15) is 37.4 Å². The summed E-state index contributed by atoms with van der Waals surface area (Å²) >= 11 is 0. The summed E-state index contributed by atoms with van der Waals surface area (Å²) < 4.78 is 4.84. The van der Waals surface area contributed by atoms with Crippen LogP contribution in [0.2, 0.25) is 0 Å². The Hall–Kier alpha value is -1.59. The predicted octanol–water partition coefficient (Wildman–Crippen LogP) is 1.16. The van der Waals surface area contributed by atoms with Gasteiger partial charge in [-0.1, -0.05) is 18.0 Å². The molecule has 2 amide bonds. The molecular formula is C11H18N4O2. The lowest BCUT2D eigenvalue weighted by Crippen LogP contribution is -2.41. The molecule has 6 nitrogen and oxygen atoms in total. The first kappa shape index (κ1) is 11.9. The Balaban J connectivity index is 1.62. The van der Waals surface area contributed by atoms with E-state index in [2.05, 4.69) is 20.8 Å². The summed E-state index contributed by atoms with van der Waals surface area (Å²) in [5.41, 5.74) is 0. The van der Waals surface area contributed by atoms with Crippen molar-refractivity contribution in [2.75, 3.05) is 6.54 Å². The SMILES string of the molecule is Cc1nc(CCNC(=O)NC2CCCC2)no1. The zero-order valence-electron chi connectivity index (χ0n) is 10.0. The summed E-state index contributed by atoms with van der Waals surface area (Å²) in [5.74, 6) is 1.18. The highest BCUT2D eigenvalue weighted by Crippen LogP contribution is 2.17. The maximum Gasteiger partial charge on any atom is 0.315 e. The molecule has 1 aliphatic carbocycles. The van der Waals surface area contributed by atoms with Gasteiger partial charge in [0.2, 0.25) is 5.89 Å². The Morgan fingerprint density at radius 2 is 2.24 bits per heavy atom. The molecule has 1 aromatic heterocycles. The van der Waals surface area contributed by atoms with Crippen LogP contribution in [0, 0.1) is 6.92 Å². The van der Waals surface area contributed by atoms with E-state index in [1.54, 1.807) is 6.92 Å². The van der Waals surface area contributed by atoms with Crippen LogP contribution < -0.4 is 10.6 Å². The van der Waals surface area contributed by atoms with Crippen molar-refractivity contribution in [3.8, 4) is 0 Å². The fraction of sp³-hybridized carbons (Fsp3) is 0.727. The fourth-order valence-corrected chi connectivity index (χ4v) is 2.04. The van der Waals surface area contributed by atoms with E-state index in [9.17, 15) is 4.79 Å². The molecule has 17 heavy (non-hydrogen) atoms. The summed E-state index contributed by atoms with van der Waals surface area (Å²) in [5, 5.41) is 9.51. The third-order valence-corrected chi connectivity index (χ3v) is 2.89. The maximum absolute atomic E-state index is 11.5.